The number of hydrogen-bond acceptors (Lipinski definition) is 2. The maximum atomic E-state index is 5.09. The summed E-state index contributed by atoms with van der Waals surface area (Å²) in [6.45, 7) is 2.91. The molecule has 1 aromatic heterocycles. The number of aromatic nitrogens is 1. The molecule has 0 bridgehead atoms. The number of H-pyrrole nitrogens is 1. The lowest BCUT2D eigenvalue weighted by atomic mass is 10.1. The van der Waals surface area contributed by atoms with Gasteiger partial charge in [-0.15, -0.1) is 0 Å². The predicted molar refractivity (Wildman–Crippen MR) is 51.5 cm³/mol. The van der Waals surface area contributed by atoms with Gasteiger partial charge in [-0.25, -0.2) is 0 Å². The highest BCUT2D eigenvalue weighted by atomic mass is 16.5. The minimum Gasteiger partial charge on any atom is -0.378 e. The van der Waals surface area contributed by atoms with E-state index in [1.165, 1.54) is 17.0 Å². The van der Waals surface area contributed by atoms with Crippen LogP contribution in [-0.2, 0) is 24.3 Å². The maximum Gasteiger partial charge on any atom is 0.0862 e. The van der Waals surface area contributed by atoms with Crippen molar-refractivity contribution < 1.29 is 4.74 Å². The van der Waals surface area contributed by atoms with Crippen LogP contribution in [0, 0.1) is 0 Å². The average molecular weight is 180 g/mol. The fourth-order valence-electron chi connectivity index (χ4n) is 1.88. The molecule has 1 aliphatic heterocycles. The van der Waals surface area contributed by atoms with Crippen LogP contribution in [0.15, 0.2) is 6.07 Å². The van der Waals surface area contributed by atoms with Gasteiger partial charge in [0, 0.05) is 38.0 Å². The average Bonchev–Trinajstić information content (AvgIpc) is 2.46. The summed E-state index contributed by atoms with van der Waals surface area (Å²) in [5, 5.41) is 0. The van der Waals surface area contributed by atoms with Crippen LogP contribution in [0.1, 0.15) is 17.0 Å². The van der Waals surface area contributed by atoms with Gasteiger partial charge in [0.05, 0.1) is 6.61 Å². The van der Waals surface area contributed by atoms with E-state index < -0.39 is 0 Å². The first-order valence-electron chi connectivity index (χ1n) is 4.66. The molecule has 0 atom stereocenters. The van der Waals surface area contributed by atoms with Crippen molar-refractivity contribution in [3.63, 3.8) is 0 Å². The number of fused-ring (bicyclic) bond motifs is 1. The molecule has 3 nitrogen and oxygen atoms in total. The Kier molecular flexibility index (Phi) is 2.38. The Labute approximate surface area is 78.7 Å². The number of aromatic amines is 1. The van der Waals surface area contributed by atoms with Crippen LogP contribution in [0.2, 0.25) is 0 Å². The molecule has 0 spiro atoms. The Morgan fingerprint density at radius 2 is 2.46 bits per heavy atom. The quantitative estimate of drug-likeness (QED) is 0.739. The van der Waals surface area contributed by atoms with Gasteiger partial charge in [0.25, 0.3) is 0 Å². The summed E-state index contributed by atoms with van der Waals surface area (Å²) < 4.78 is 5.09. The molecule has 0 saturated carbocycles. The van der Waals surface area contributed by atoms with Crippen LogP contribution in [0.5, 0.6) is 0 Å². The lowest BCUT2D eigenvalue weighted by Crippen LogP contribution is -2.25. The van der Waals surface area contributed by atoms with Crippen molar-refractivity contribution in [1.82, 2.24) is 9.88 Å². The minimum absolute atomic E-state index is 0.691. The molecule has 1 aliphatic rings. The third-order valence-electron chi connectivity index (χ3n) is 2.53. The smallest absolute Gasteiger partial charge is 0.0862 e. The summed E-state index contributed by atoms with van der Waals surface area (Å²) in [6, 6.07) is 2.22. The van der Waals surface area contributed by atoms with Crippen LogP contribution in [-0.4, -0.2) is 30.6 Å². The summed E-state index contributed by atoms with van der Waals surface area (Å²) in [5.74, 6) is 0. The van der Waals surface area contributed by atoms with Crippen molar-refractivity contribution in [3.8, 4) is 0 Å². The molecular formula is C10H16N2O. The molecule has 0 radical (unpaired) electrons. The van der Waals surface area contributed by atoms with Crippen molar-refractivity contribution in [1.29, 1.82) is 0 Å². The van der Waals surface area contributed by atoms with E-state index in [0.29, 0.717) is 6.61 Å². The van der Waals surface area contributed by atoms with Gasteiger partial charge < -0.3 is 14.6 Å². The summed E-state index contributed by atoms with van der Waals surface area (Å²) >= 11 is 0. The third-order valence-corrected chi connectivity index (χ3v) is 2.53. The lowest BCUT2D eigenvalue weighted by Gasteiger charge is -2.21. The summed E-state index contributed by atoms with van der Waals surface area (Å²) in [6.07, 6.45) is 1.13. The topological polar surface area (TPSA) is 28.3 Å². The molecule has 72 valence electrons. The Morgan fingerprint density at radius 3 is 3.23 bits per heavy atom. The second-order valence-electron chi connectivity index (χ2n) is 3.72. The molecule has 0 amide bonds. The molecule has 0 saturated heterocycles. The fraction of sp³-hybridized carbons (Fsp3) is 0.600. The molecule has 2 rings (SSSR count). The Hall–Kier alpha value is -0.800. The summed E-state index contributed by atoms with van der Waals surface area (Å²) in [5.41, 5.74) is 4.02. The zero-order chi connectivity index (χ0) is 9.26. The highest BCUT2D eigenvalue weighted by molar-refractivity contribution is 5.27. The largest absolute Gasteiger partial charge is 0.378 e. The molecule has 0 aliphatic carbocycles. The Morgan fingerprint density at radius 1 is 1.62 bits per heavy atom. The van der Waals surface area contributed by atoms with Gasteiger partial charge in [-0.1, -0.05) is 0 Å². The van der Waals surface area contributed by atoms with Crippen molar-refractivity contribution in [2.45, 2.75) is 19.6 Å². The number of nitrogens with zero attached hydrogens (tertiary/aromatic N) is 1. The van der Waals surface area contributed by atoms with E-state index >= 15 is 0 Å². The number of methoxy groups -OCH3 is 1. The van der Waals surface area contributed by atoms with Crippen molar-refractivity contribution in [2.24, 2.45) is 0 Å². The second kappa shape index (κ2) is 3.52. The van der Waals surface area contributed by atoms with Gasteiger partial charge in [0.2, 0.25) is 0 Å². The van der Waals surface area contributed by atoms with Crippen LogP contribution in [0.3, 0.4) is 0 Å². The molecule has 0 unspecified atom stereocenters. The van der Waals surface area contributed by atoms with E-state index in [1.807, 2.05) is 0 Å². The van der Waals surface area contributed by atoms with Crippen molar-refractivity contribution in [2.75, 3.05) is 20.7 Å². The predicted octanol–water partition coefficient (Wildman–Crippen LogP) is 1.15. The molecule has 2 heterocycles. The first-order chi connectivity index (χ1) is 6.29. The zero-order valence-electron chi connectivity index (χ0n) is 8.26. The SMILES string of the molecule is COCc1cc2c([nH]1)CCN(C)C2. The van der Waals surface area contributed by atoms with Crippen molar-refractivity contribution in [3.05, 3.63) is 23.0 Å². The Balaban J connectivity index is 2.18. The highest BCUT2D eigenvalue weighted by Crippen LogP contribution is 2.18. The second-order valence-corrected chi connectivity index (χ2v) is 3.72. The number of likely N-dealkylation sites (N-methyl/N-ethyl adjacent to an activating group) is 1. The van der Waals surface area contributed by atoms with Gasteiger partial charge in [-0.3, -0.25) is 0 Å². The molecule has 1 aromatic rings. The maximum absolute atomic E-state index is 5.09. The van der Waals surface area contributed by atoms with E-state index in [-0.39, 0.29) is 0 Å². The number of rotatable bonds is 2. The van der Waals surface area contributed by atoms with Gasteiger partial charge in [-0.05, 0) is 18.7 Å². The normalized spacial score (nSPS) is 17.4. The van der Waals surface area contributed by atoms with Crippen LogP contribution < -0.4 is 0 Å². The molecule has 1 N–H and O–H groups in total. The molecule has 3 heteroatoms. The van der Waals surface area contributed by atoms with Crippen LogP contribution in [0.25, 0.3) is 0 Å². The number of hydrogen-bond donors (Lipinski definition) is 1. The number of ether oxygens (including phenoxy) is 1. The summed E-state index contributed by atoms with van der Waals surface area (Å²) in [4.78, 5) is 5.74. The van der Waals surface area contributed by atoms with Gasteiger partial charge in [0.15, 0.2) is 0 Å². The van der Waals surface area contributed by atoms with Gasteiger partial charge in [0.1, 0.15) is 0 Å². The van der Waals surface area contributed by atoms with Gasteiger partial charge >= 0.3 is 0 Å². The molecule has 13 heavy (non-hydrogen) atoms. The third kappa shape index (κ3) is 1.76. The number of nitrogens with one attached hydrogen (secondary N) is 1. The van der Waals surface area contributed by atoms with E-state index in [0.717, 1.165) is 19.5 Å². The zero-order valence-corrected chi connectivity index (χ0v) is 8.26. The minimum atomic E-state index is 0.691. The molecule has 0 aromatic carbocycles. The monoisotopic (exact) mass is 180 g/mol. The van der Waals surface area contributed by atoms with Crippen LogP contribution in [0.4, 0.5) is 0 Å². The van der Waals surface area contributed by atoms with E-state index in [2.05, 4.69) is 23.0 Å². The molecule has 0 fully saturated rings. The first kappa shape index (κ1) is 8.78. The lowest BCUT2D eigenvalue weighted by molar-refractivity contribution is 0.182. The highest BCUT2D eigenvalue weighted by Gasteiger charge is 2.15. The van der Waals surface area contributed by atoms with Gasteiger partial charge in [-0.2, -0.15) is 0 Å². The Bertz CT molecular complexity index is 293. The van der Waals surface area contributed by atoms with Crippen LogP contribution >= 0.6 is 0 Å². The van der Waals surface area contributed by atoms with Crippen molar-refractivity contribution >= 4 is 0 Å². The molecular weight excluding hydrogens is 164 g/mol. The first-order valence-corrected chi connectivity index (χ1v) is 4.66. The standard InChI is InChI=1S/C10H16N2O/c1-12-4-3-10-8(6-12)5-9(11-10)7-13-2/h5,11H,3-4,6-7H2,1-2H3. The summed E-state index contributed by atoms with van der Waals surface area (Å²) in [7, 11) is 3.89. The van der Waals surface area contributed by atoms with E-state index in [1.54, 1.807) is 7.11 Å². The fourth-order valence-corrected chi connectivity index (χ4v) is 1.88. The van der Waals surface area contributed by atoms with E-state index in [4.69, 9.17) is 4.74 Å². The van der Waals surface area contributed by atoms with E-state index in [9.17, 15) is 0 Å².